The summed E-state index contributed by atoms with van der Waals surface area (Å²) in [6, 6.07) is 1.19. The first-order valence-corrected chi connectivity index (χ1v) is 24.7. The molecule has 0 aromatic carbocycles. The number of hydrogen-bond acceptors (Lipinski definition) is 14. The van der Waals surface area contributed by atoms with Crippen LogP contribution < -0.4 is 22.1 Å². The molecule has 0 bridgehead atoms. The van der Waals surface area contributed by atoms with Crippen molar-refractivity contribution < 1.29 is 9.59 Å². The van der Waals surface area contributed by atoms with Crippen LogP contribution in [-0.4, -0.2) is 68.9 Å². The van der Waals surface area contributed by atoms with Crippen molar-refractivity contribution in [2.24, 2.45) is 11.8 Å². The Hall–Kier alpha value is -5.76. The number of carbonyl (C=O) groups excluding carboxylic acids is 2. The summed E-state index contributed by atoms with van der Waals surface area (Å²) in [5, 5.41) is 9.28. The highest BCUT2D eigenvalue weighted by atomic mass is 32.1. The van der Waals surface area contributed by atoms with Crippen molar-refractivity contribution in [1.29, 1.82) is 0 Å². The summed E-state index contributed by atoms with van der Waals surface area (Å²) in [6.07, 6.45) is 16.1. The van der Waals surface area contributed by atoms with Crippen LogP contribution in [0.1, 0.15) is 91.4 Å². The molecule has 2 fully saturated rings. The summed E-state index contributed by atoms with van der Waals surface area (Å²) in [7, 11) is -2.04. The Labute approximate surface area is 350 Å². The summed E-state index contributed by atoms with van der Waals surface area (Å²) in [6.45, 7) is 8.37. The Balaban J connectivity index is 0.850. The molecule has 19 heteroatoms. The number of hydrogen-bond donors (Lipinski definition) is 4. The van der Waals surface area contributed by atoms with Gasteiger partial charge in [-0.2, -0.15) is 0 Å². The molecule has 8 rings (SSSR count). The van der Waals surface area contributed by atoms with Crippen LogP contribution in [0.4, 0.5) is 21.9 Å². The van der Waals surface area contributed by atoms with E-state index in [1.165, 1.54) is 22.7 Å². The Morgan fingerprint density at radius 1 is 0.797 bits per heavy atom. The van der Waals surface area contributed by atoms with Crippen molar-refractivity contribution in [1.82, 2.24) is 49.0 Å². The highest BCUT2D eigenvalue weighted by Crippen LogP contribution is 2.37. The third kappa shape index (κ3) is 8.68. The summed E-state index contributed by atoms with van der Waals surface area (Å²) >= 11 is 2.98. The monoisotopic (exact) mass is 846 g/mol. The molecule has 0 saturated heterocycles. The lowest BCUT2D eigenvalue weighted by Crippen LogP contribution is -2.28. The van der Waals surface area contributed by atoms with E-state index in [4.69, 9.17) is 27.9 Å². The number of fused-ring (bicyclic) bond motifs is 2. The first kappa shape index (κ1) is 40.0. The zero-order valence-corrected chi connectivity index (χ0v) is 36.1. The molecule has 2 saturated carbocycles. The van der Waals surface area contributed by atoms with E-state index in [9.17, 15) is 9.59 Å². The van der Waals surface area contributed by atoms with Gasteiger partial charge in [-0.25, -0.2) is 39.9 Å². The lowest BCUT2D eigenvalue weighted by Gasteiger charge is -2.28. The minimum absolute atomic E-state index is 0.00340. The van der Waals surface area contributed by atoms with Gasteiger partial charge in [0.15, 0.2) is 33.2 Å². The zero-order chi connectivity index (χ0) is 41.4. The van der Waals surface area contributed by atoms with Crippen LogP contribution in [0.3, 0.4) is 0 Å². The van der Waals surface area contributed by atoms with Crippen LogP contribution in [0.25, 0.3) is 22.3 Å². The molecular formula is C40H46N14O2S2Si. The number of anilines is 4. The Morgan fingerprint density at radius 3 is 1.88 bits per heavy atom. The first-order chi connectivity index (χ1) is 28.3. The van der Waals surface area contributed by atoms with E-state index in [1.54, 1.807) is 12.7 Å². The number of aryl methyl sites for hydroxylation is 3. The summed E-state index contributed by atoms with van der Waals surface area (Å²) in [5.41, 5.74) is 20.2. The van der Waals surface area contributed by atoms with Crippen molar-refractivity contribution in [2.75, 3.05) is 22.1 Å². The smallest absolute Gasteiger partial charge is 0.229 e. The van der Waals surface area contributed by atoms with Crippen molar-refractivity contribution in [3.8, 4) is 23.8 Å². The van der Waals surface area contributed by atoms with Crippen LogP contribution in [0.2, 0.25) is 19.1 Å². The van der Waals surface area contributed by atoms with E-state index in [1.807, 2.05) is 23.8 Å². The van der Waals surface area contributed by atoms with Gasteiger partial charge in [0.2, 0.25) is 23.5 Å². The van der Waals surface area contributed by atoms with Gasteiger partial charge in [-0.05, 0) is 89.5 Å². The molecule has 16 nitrogen and oxygen atoms in total. The predicted molar refractivity (Wildman–Crippen MR) is 233 cm³/mol. The maximum absolute atomic E-state index is 13.4. The number of nitrogens with one attached hydrogen (secondary N) is 2. The molecular weight excluding hydrogens is 801 g/mol. The molecule has 0 atom stereocenters. The SMILES string of the molecule is C#Cc1nc(N)c2ncn([C@H]3CC[C@@H](C(=O)Nc4nc(C)c(CC[Si](C)(C)C#Cc5nc(N)c6ncn([C@H]7CC[C@@H](C(=O)Nc8nc(C)cs8)CC7)c6n5)s4)CC3)c2n1. The number of nitrogens with zero attached hydrogens (tertiary/aromatic N) is 10. The minimum atomic E-state index is -2.04. The van der Waals surface area contributed by atoms with Crippen LogP contribution in [0.5, 0.6) is 0 Å². The number of amides is 2. The van der Waals surface area contributed by atoms with Gasteiger partial charge in [-0.3, -0.25) is 9.59 Å². The van der Waals surface area contributed by atoms with Crippen molar-refractivity contribution in [3.05, 3.63) is 45.9 Å². The number of nitrogen functional groups attached to an aromatic ring is 2. The fourth-order valence-corrected chi connectivity index (χ4v) is 11.3. The Morgan fingerprint density at radius 2 is 1.34 bits per heavy atom. The van der Waals surface area contributed by atoms with E-state index in [0.717, 1.165) is 80.1 Å². The maximum atomic E-state index is 13.4. The number of rotatable bonds is 9. The first-order valence-electron chi connectivity index (χ1n) is 19.8. The minimum Gasteiger partial charge on any atom is -0.382 e. The van der Waals surface area contributed by atoms with Gasteiger partial charge in [-0.1, -0.05) is 13.1 Å². The topological polar surface area (TPSA) is 223 Å². The van der Waals surface area contributed by atoms with Crippen LogP contribution >= 0.6 is 22.7 Å². The van der Waals surface area contributed by atoms with Gasteiger partial charge >= 0.3 is 0 Å². The van der Waals surface area contributed by atoms with E-state index >= 15 is 0 Å². The molecule has 2 amide bonds. The largest absolute Gasteiger partial charge is 0.382 e. The second-order valence-electron chi connectivity index (χ2n) is 16.1. The van der Waals surface area contributed by atoms with E-state index < -0.39 is 8.07 Å². The molecule has 6 aromatic heterocycles. The second-order valence-corrected chi connectivity index (χ2v) is 22.6. The second kappa shape index (κ2) is 16.5. The van der Waals surface area contributed by atoms with Crippen LogP contribution in [0.15, 0.2) is 18.0 Å². The molecule has 2 aliphatic rings. The standard InChI is InChI=1S/C40H46N14O2S2Si/c1-6-29-47-33(41)31-35(49-29)53(20-43-31)26-13-9-25(10-14-26)38(56)52-40-46-23(3)28(58-40)15-17-59(4,5)18-16-30-48-34(42)32-36(50-30)54(21-44-32)27-11-7-24(8-12-27)37(55)51-39-45-22(2)19-57-39/h1,19-21,24-27H,7-15,17H2,2-5H3,(H2,41,47,49)(H2,42,48,50)(H,45,51,55)(H,46,52,56)/t24-,25-,26+,27+. The molecule has 6 heterocycles. The summed E-state index contributed by atoms with van der Waals surface area (Å²) in [4.78, 5) is 63.4. The van der Waals surface area contributed by atoms with Crippen LogP contribution in [-0.2, 0) is 16.0 Å². The molecule has 0 aliphatic heterocycles. The molecule has 304 valence electrons. The van der Waals surface area contributed by atoms with Gasteiger partial charge in [0.05, 0.1) is 24.0 Å². The number of carbonyl (C=O) groups is 2. The van der Waals surface area contributed by atoms with E-state index in [2.05, 4.69) is 75.6 Å². The lowest BCUT2D eigenvalue weighted by molar-refractivity contribution is -0.121. The molecule has 0 unspecified atom stereocenters. The number of aromatic nitrogens is 10. The molecule has 59 heavy (non-hydrogen) atoms. The normalized spacial score (nSPS) is 19.6. The van der Waals surface area contributed by atoms with E-state index in [-0.39, 0.29) is 47.4 Å². The quantitative estimate of drug-likeness (QED) is 0.0940. The molecule has 0 radical (unpaired) electrons. The average molecular weight is 847 g/mol. The third-order valence-corrected chi connectivity index (χ3v) is 15.7. The number of thiazole rings is 2. The van der Waals surface area contributed by atoms with Gasteiger partial charge in [0.1, 0.15) is 19.1 Å². The maximum Gasteiger partial charge on any atom is 0.229 e. The lowest BCUT2D eigenvalue weighted by atomic mass is 9.85. The van der Waals surface area contributed by atoms with Crippen molar-refractivity contribution in [2.45, 2.75) is 103 Å². The molecule has 0 spiro atoms. The molecule has 2 aliphatic carbocycles. The highest BCUT2D eigenvalue weighted by Gasteiger charge is 2.31. The van der Waals surface area contributed by atoms with Crippen molar-refractivity contribution in [3.63, 3.8) is 0 Å². The zero-order valence-electron chi connectivity index (χ0n) is 33.4. The molecule has 6 aromatic rings. The Kier molecular flexibility index (Phi) is 11.2. The number of nitrogens with two attached hydrogens (primary N) is 2. The Bertz CT molecular complexity index is 2660. The van der Waals surface area contributed by atoms with Gasteiger partial charge in [-0.15, -0.1) is 34.6 Å². The van der Waals surface area contributed by atoms with Gasteiger partial charge < -0.3 is 31.2 Å². The summed E-state index contributed by atoms with van der Waals surface area (Å²) in [5.74, 6) is 6.74. The molecule has 6 N–H and O–H groups in total. The van der Waals surface area contributed by atoms with E-state index in [0.29, 0.717) is 44.2 Å². The van der Waals surface area contributed by atoms with Gasteiger partial charge in [0.25, 0.3) is 0 Å². The fourth-order valence-electron chi connectivity index (χ4n) is 8.02. The van der Waals surface area contributed by atoms with Gasteiger partial charge in [0, 0.05) is 34.2 Å². The third-order valence-electron chi connectivity index (χ3n) is 11.4. The predicted octanol–water partition coefficient (Wildman–Crippen LogP) is 6.22. The summed E-state index contributed by atoms with van der Waals surface area (Å²) < 4.78 is 4.08. The average Bonchev–Trinajstić information content (AvgIpc) is 4.03. The van der Waals surface area contributed by atoms with Crippen molar-refractivity contribution >= 4 is 86.8 Å². The highest BCUT2D eigenvalue weighted by molar-refractivity contribution is 7.16. The fraction of sp³-hybridized carbons (Fsp3) is 0.450. The van der Waals surface area contributed by atoms with Crippen LogP contribution in [0, 0.1) is 49.5 Å². The number of terminal acetylenes is 1. The number of imidazole rings is 2.